The second-order valence-corrected chi connectivity index (χ2v) is 5.69. The molecule has 0 saturated carbocycles. The van der Waals surface area contributed by atoms with Gasteiger partial charge in [-0.2, -0.15) is 0 Å². The summed E-state index contributed by atoms with van der Waals surface area (Å²) in [6.45, 7) is 7.59. The summed E-state index contributed by atoms with van der Waals surface area (Å²) in [7, 11) is 0. The Kier molecular flexibility index (Phi) is 8.67. The van der Waals surface area contributed by atoms with Crippen molar-refractivity contribution in [1.29, 1.82) is 0 Å². The summed E-state index contributed by atoms with van der Waals surface area (Å²) in [6.07, 6.45) is 0. The maximum Gasteiger partial charge on any atom is 0.324 e. The number of hydrogen-bond acceptors (Lipinski definition) is 3. The quantitative estimate of drug-likeness (QED) is 0.262. The van der Waals surface area contributed by atoms with Crippen LogP contribution in [0.1, 0.15) is 31.0 Å². The van der Waals surface area contributed by atoms with E-state index in [4.69, 9.17) is 0 Å². The van der Waals surface area contributed by atoms with Crippen molar-refractivity contribution in [2.75, 3.05) is 26.2 Å². The third-order valence-corrected chi connectivity index (χ3v) is 3.88. The molecular weight excluding hydrogens is 433 g/mol. The molecule has 138 valence electrons. The van der Waals surface area contributed by atoms with Crippen LogP contribution in [0.3, 0.4) is 0 Å². The molecule has 8 heteroatoms. The Morgan fingerprint density at radius 1 is 1.36 bits per heavy atom. The van der Waals surface area contributed by atoms with E-state index in [-0.39, 0.29) is 55.0 Å². The molecule has 7 nitrogen and oxygen atoms in total. The van der Waals surface area contributed by atoms with Crippen molar-refractivity contribution < 1.29 is 9.59 Å². The Bertz CT molecular complexity index is 619. The molecule has 1 unspecified atom stereocenters. The van der Waals surface area contributed by atoms with Crippen LogP contribution in [0.2, 0.25) is 0 Å². The molecule has 1 fully saturated rings. The molecule has 0 radical (unpaired) electrons. The number of rotatable bonds is 6. The number of nitrogens with one attached hydrogen (secondary N) is 3. The molecule has 3 amide bonds. The van der Waals surface area contributed by atoms with Gasteiger partial charge in [-0.3, -0.25) is 14.7 Å². The van der Waals surface area contributed by atoms with Crippen LogP contribution < -0.4 is 16.0 Å². The molecule has 1 aliphatic heterocycles. The number of carbonyl (C=O) groups excluding carboxylic acids is 2. The Morgan fingerprint density at radius 3 is 2.68 bits per heavy atom. The van der Waals surface area contributed by atoms with Gasteiger partial charge in [0, 0.05) is 6.54 Å². The predicted molar refractivity (Wildman–Crippen MR) is 109 cm³/mol. The number of urea groups is 1. The summed E-state index contributed by atoms with van der Waals surface area (Å²) in [6, 6.07) is 7.95. The van der Waals surface area contributed by atoms with E-state index in [2.05, 4.69) is 46.9 Å². The molecule has 0 bridgehead atoms. The van der Waals surface area contributed by atoms with Crippen molar-refractivity contribution in [3.05, 3.63) is 35.4 Å². The van der Waals surface area contributed by atoms with Crippen molar-refractivity contribution in [2.45, 2.75) is 26.8 Å². The van der Waals surface area contributed by atoms with E-state index in [0.717, 1.165) is 6.54 Å². The van der Waals surface area contributed by atoms with Gasteiger partial charge in [-0.05, 0) is 31.9 Å². The van der Waals surface area contributed by atoms with Gasteiger partial charge in [0.15, 0.2) is 5.96 Å². The Hall–Kier alpha value is -1.84. The molecule has 2 rings (SSSR count). The number of amides is 3. The zero-order valence-electron chi connectivity index (χ0n) is 14.8. The molecule has 3 N–H and O–H groups in total. The number of carbonyl (C=O) groups is 2. The number of benzene rings is 1. The first-order valence-electron chi connectivity index (χ1n) is 8.21. The Morgan fingerprint density at radius 2 is 2.08 bits per heavy atom. The van der Waals surface area contributed by atoms with Gasteiger partial charge < -0.3 is 16.0 Å². The van der Waals surface area contributed by atoms with E-state index in [9.17, 15) is 9.59 Å². The molecule has 0 spiro atoms. The standard InChI is InChI=1S/C17H25N5O2.HI/c1-4-18-16(19-9-10-22-15(23)11-20-17(22)24)21-13(3)14-8-6-5-7-12(14)2;/h5-8,13H,4,9-11H2,1-3H3,(H,20,24)(H2,18,19,21);1H. The third kappa shape index (κ3) is 5.87. The zero-order valence-corrected chi connectivity index (χ0v) is 17.2. The highest BCUT2D eigenvalue weighted by molar-refractivity contribution is 14.0. The van der Waals surface area contributed by atoms with E-state index < -0.39 is 0 Å². The van der Waals surface area contributed by atoms with Crippen LogP contribution in [0.25, 0.3) is 0 Å². The lowest BCUT2D eigenvalue weighted by Crippen LogP contribution is -2.40. The van der Waals surface area contributed by atoms with Crippen molar-refractivity contribution in [1.82, 2.24) is 20.9 Å². The summed E-state index contributed by atoms with van der Waals surface area (Å²) in [5, 5.41) is 9.04. The van der Waals surface area contributed by atoms with Crippen LogP contribution in [0.4, 0.5) is 4.79 Å². The number of hydrogen-bond donors (Lipinski definition) is 3. The first-order valence-corrected chi connectivity index (χ1v) is 8.21. The number of aliphatic imine (C=N–C) groups is 1. The van der Waals surface area contributed by atoms with Gasteiger partial charge in [-0.1, -0.05) is 24.3 Å². The van der Waals surface area contributed by atoms with Crippen LogP contribution >= 0.6 is 24.0 Å². The first kappa shape index (κ1) is 21.2. The van der Waals surface area contributed by atoms with E-state index >= 15 is 0 Å². The van der Waals surface area contributed by atoms with Crippen LogP contribution in [0.15, 0.2) is 29.3 Å². The van der Waals surface area contributed by atoms with Gasteiger partial charge in [0.05, 0.1) is 25.7 Å². The van der Waals surface area contributed by atoms with Gasteiger partial charge >= 0.3 is 6.03 Å². The molecule has 1 saturated heterocycles. The normalized spacial score (nSPS) is 15.5. The summed E-state index contributed by atoms with van der Waals surface area (Å²) in [5.41, 5.74) is 2.42. The molecule has 25 heavy (non-hydrogen) atoms. The minimum atomic E-state index is -0.346. The molecule has 1 aromatic rings. The van der Waals surface area contributed by atoms with Crippen LogP contribution in [0.5, 0.6) is 0 Å². The van der Waals surface area contributed by atoms with E-state index in [0.29, 0.717) is 12.5 Å². The second-order valence-electron chi connectivity index (χ2n) is 5.69. The van der Waals surface area contributed by atoms with Gasteiger partial charge in [0.1, 0.15) is 0 Å². The molecule has 0 aromatic heterocycles. The predicted octanol–water partition coefficient (Wildman–Crippen LogP) is 1.78. The number of halogens is 1. The minimum Gasteiger partial charge on any atom is -0.357 e. The molecule has 0 aliphatic carbocycles. The summed E-state index contributed by atoms with van der Waals surface area (Å²) >= 11 is 0. The van der Waals surface area contributed by atoms with E-state index in [1.807, 2.05) is 19.1 Å². The molecule has 1 aliphatic rings. The average Bonchev–Trinajstić information content (AvgIpc) is 2.87. The maximum absolute atomic E-state index is 11.5. The van der Waals surface area contributed by atoms with Gasteiger partial charge in [0.2, 0.25) is 5.91 Å². The molecular formula is C17H26IN5O2. The molecule has 1 aromatic carbocycles. The minimum absolute atomic E-state index is 0. The fraction of sp³-hybridized carbons (Fsp3) is 0.471. The first-order chi connectivity index (χ1) is 11.5. The fourth-order valence-corrected chi connectivity index (χ4v) is 2.62. The maximum atomic E-state index is 11.5. The van der Waals surface area contributed by atoms with Crippen molar-refractivity contribution in [3.8, 4) is 0 Å². The van der Waals surface area contributed by atoms with Gasteiger partial charge in [0.25, 0.3) is 0 Å². The summed E-state index contributed by atoms with van der Waals surface area (Å²) in [5.74, 6) is 0.460. The number of imide groups is 1. The van der Waals surface area contributed by atoms with Crippen molar-refractivity contribution >= 4 is 41.9 Å². The highest BCUT2D eigenvalue weighted by Crippen LogP contribution is 2.16. The number of aryl methyl sites for hydroxylation is 1. The largest absolute Gasteiger partial charge is 0.357 e. The van der Waals surface area contributed by atoms with Gasteiger partial charge in [-0.15, -0.1) is 24.0 Å². The Labute approximate surface area is 165 Å². The van der Waals surface area contributed by atoms with Gasteiger partial charge in [-0.25, -0.2) is 4.79 Å². The third-order valence-electron chi connectivity index (χ3n) is 3.88. The number of nitrogens with zero attached hydrogens (tertiary/aromatic N) is 2. The van der Waals surface area contributed by atoms with E-state index in [1.165, 1.54) is 16.0 Å². The van der Waals surface area contributed by atoms with Crippen LogP contribution in [-0.4, -0.2) is 49.0 Å². The second kappa shape index (κ2) is 10.2. The van der Waals surface area contributed by atoms with Crippen molar-refractivity contribution in [2.24, 2.45) is 4.99 Å². The van der Waals surface area contributed by atoms with E-state index in [1.54, 1.807) is 0 Å². The summed E-state index contributed by atoms with van der Waals surface area (Å²) < 4.78 is 0. The lowest BCUT2D eigenvalue weighted by molar-refractivity contribution is -0.124. The Balaban J connectivity index is 0.00000312. The lowest BCUT2D eigenvalue weighted by Gasteiger charge is -2.20. The molecule has 1 atom stereocenters. The topological polar surface area (TPSA) is 85.8 Å². The SMILES string of the molecule is CCNC(=NCCN1C(=O)CNC1=O)NC(C)c1ccccc1C.I. The molecule has 1 heterocycles. The highest BCUT2D eigenvalue weighted by Gasteiger charge is 2.27. The summed E-state index contributed by atoms with van der Waals surface area (Å²) in [4.78, 5) is 28.7. The fourth-order valence-electron chi connectivity index (χ4n) is 2.62. The zero-order chi connectivity index (χ0) is 17.5. The van der Waals surface area contributed by atoms with Crippen LogP contribution in [-0.2, 0) is 4.79 Å². The highest BCUT2D eigenvalue weighted by atomic mass is 127. The van der Waals surface area contributed by atoms with Crippen molar-refractivity contribution in [3.63, 3.8) is 0 Å². The monoisotopic (exact) mass is 459 g/mol. The number of guanidine groups is 1. The van der Waals surface area contributed by atoms with Crippen LogP contribution in [0, 0.1) is 6.92 Å². The smallest absolute Gasteiger partial charge is 0.324 e. The lowest BCUT2D eigenvalue weighted by atomic mass is 10.0. The average molecular weight is 459 g/mol.